The summed E-state index contributed by atoms with van der Waals surface area (Å²) in [6.07, 6.45) is 0. The number of aromatic nitrogens is 1. The highest BCUT2D eigenvalue weighted by Gasteiger charge is 2.45. The molecule has 4 rings (SSSR count). The number of amides is 1. The average Bonchev–Trinajstić information content (AvgIpc) is 3.49. The largest absolute Gasteiger partial charge is 0.503 e. The summed E-state index contributed by atoms with van der Waals surface area (Å²) in [4.78, 5) is 36.4. The number of aliphatic hydroxyl groups excluding tert-OH is 1. The average molecular weight is 566 g/mol. The topological polar surface area (TPSA) is 101 Å². The van der Waals surface area contributed by atoms with Gasteiger partial charge in [0.25, 0.3) is 5.91 Å². The van der Waals surface area contributed by atoms with E-state index in [0.717, 1.165) is 18.7 Å². The number of aryl methyl sites for hydroxylation is 1. The van der Waals surface area contributed by atoms with Crippen molar-refractivity contribution in [2.24, 2.45) is 0 Å². The van der Waals surface area contributed by atoms with Gasteiger partial charge in [-0.25, -0.2) is 4.98 Å². The molecule has 0 saturated heterocycles. The summed E-state index contributed by atoms with van der Waals surface area (Å²) in [6, 6.07) is 12.1. The summed E-state index contributed by atoms with van der Waals surface area (Å²) in [5, 5.41) is 11.9. The second-order valence-corrected chi connectivity index (χ2v) is 10.3. The quantitative estimate of drug-likeness (QED) is 0.304. The van der Waals surface area contributed by atoms with Gasteiger partial charge in [0.05, 0.1) is 43.5 Å². The summed E-state index contributed by atoms with van der Waals surface area (Å²) >= 11 is 1.24. The van der Waals surface area contributed by atoms with E-state index in [1.165, 1.54) is 37.6 Å². The summed E-state index contributed by atoms with van der Waals surface area (Å²) in [6.45, 7) is 8.35. The third-order valence-electron chi connectivity index (χ3n) is 7.13. The maximum absolute atomic E-state index is 14.2. The van der Waals surface area contributed by atoms with Gasteiger partial charge >= 0.3 is 0 Å². The molecule has 2 aromatic carbocycles. The molecule has 0 fully saturated rings. The van der Waals surface area contributed by atoms with Crippen LogP contribution in [-0.4, -0.2) is 79.1 Å². The second kappa shape index (κ2) is 12.5. The number of hydrogen-bond acceptors (Lipinski definition) is 9. The number of likely N-dealkylation sites (N-methyl/N-ethyl adjacent to an activating group) is 1. The molecule has 1 amide bonds. The molecule has 1 N–H and O–H groups in total. The Hall–Kier alpha value is -3.89. The van der Waals surface area contributed by atoms with Gasteiger partial charge in [0, 0.05) is 18.7 Å². The molecule has 10 heteroatoms. The van der Waals surface area contributed by atoms with Crippen molar-refractivity contribution in [2.75, 3.05) is 47.5 Å². The highest BCUT2D eigenvalue weighted by atomic mass is 32.1. The third-order valence-corrected chi connectivity index (χ3v) is 8.33. The van der Waals surface area contributed by atoms with Crippen molar-refractivity contribution < 1.29 is 28.9 Å². The lowest BCUT2D eigenvalue weighted by atomic mass is 9.94. The van der Waals surface area contributed by atoms with Crippen LogP contribution in [0.1, 0.15) is 40.8 Å². The van der Waals surface area contributed by atoms with E-state index in [4.69, 9.17) is 14.2 Å². The van der Waals surface area contributed by atoms with Crippen LogP contribution in [-0.2, 0) is 4.79 Å². The van der Waals surface area contributed by atoms with E-state index in [2.05, 4.69) is 9.88 Å². The summed E-state index contributed by atoms with van der Waals surface area (Å²) in [7, 11) is 4.52. The molecule has 40 heavy (non-hydrogen) atoms. The van der Waals surface area contributed by atoms with Gasteiger partial charge in [0.15, 0.2) is 17.3 Å². The Labute approximate surface area is 238 Å². The van der Waals surface area contributed by atoms with Gasteiger partial charge in [-0.05, 0) is 37.7 Å². The molecule has 0 bridgehead atoms. The zero-order valence-corrected chi connectivity index (χ0v) is 24.5. The zero-order valence-electron chi connectivity index (χ0n) is 23.7. The number of nitrogens with zero attached hydrogens (tertiary/aromatic N) is 3. The van der Waals surface area contributed by atoms with Crippen LogP contribution in [0.15, 0.2) is 53.8 Å². The predicted molar refractivity (Wildman–Crippen MR) is 155 cm³/mol. The Kier molecular flexibility index (Phi) is 9.11. The van der Waals surface area contributed by atoms with Crippen LogP contribution in [0.5, 0.6) is 17.2 Å². The lowest BCUT2D eigenvalue weighted by Gasteiger charge is -2.30. The van der Waals surface area contributed by atoms with E-state index in [0.29, 0.717) is 51.5 Å². The number of rotatable bonds is 12. The fraction of sp³-hybridized carbons (Fsp3) is 0.367. The van der Waals surface area contributed by atoms with Crippen LogP contribution in [0.4, 0.5) is 0 Å². The van der Waals surface area contributed by atoms with Gasteiger partial charge in [-0.15, -0.1) is 11.3 Å². The molecule has 1 aliphatic heterocycles. The van der Waals surface area contributed by atoms with Gasteiger partial charge in [0.1, 0.15) is 5.01 Å². The molecule has 0 radical (unpaired) electrons. The van der Waals surface area contributed by atoms with Gasteiger partial charge in [0.2, 0.25) is 11.5 Å². The Morgan fingerprint density at radius 3 is 2.23 bits per heavy atom. The normalized spacial score (nSPS) is 15.2. The monoisotopic (exact) mass is 565 g/mol. The van der Waals surface area contributed by atoms with Crippen molar-refractivity contribution in [1.82, 2.24) is 14.8 Å². The molecule has 0 aliphatic carbocycles. The Bertz CT molecular complexity index is 1390. The first-order valence-electron chi connectivity index (χ1n) is 13.1. The highest BCUT2D eigenvalue weighted by molar-refractivity contribution is 7.17. The maximum atomic E-state index is 14.2. The molecular weight excluding hydrogens is 530 g/mol. The van der Waals surface area contributed by atoms with Crippen LogP contribution in [0.2, 0.25) is 0 Å². The molecule has 9 nitrogen and oxygen atoms in total. The van der Waals surface area contributed by atoms with Crippen molar-refractivity contribution >= 4 is 23.0 Å². The lowest BCUT2D eigenvalue weighted by molar-refractivity contribution is -0.129. The fourth-order valence-electron chi connectivity index (χ4n) is 4.94. The number of carbonyl (C=O) groups is 2. The predicted octanol–water partition coefficient (Wildman–Crippen LogP) is 5.06. The number of ketones is 1. The van der Waals surface area contributed by atoms with Gasteiger partial charge < -0.3 is 29.1 Å². The fourth-order valence-corrected chi connectivity index (χ4v) is 5.97. The molecule has 1 aliphatic rings. The third kappa shape index (κ3) is 5.41. The van der Waals surface area contributed by atoms with Gasteiger partial charge in [-0.3, -0.25) is 9.59 Å². The molecular formula is C30H35N3O6S. The minimum atomic E-state index is -0.869. The Morgan fingerprint density at radius 1 is 1.05 bits per heavy atom. The van der Waals surface area contributed by atoms with Crippen molar-refractivity contribution in [1.29, 1.82) is 0 Å². The second-order valence-electron chi connectivity index (χ2n) is 9.28. The first kappa shape index (κ1) is 29.1. The first-order chi connectivity index (χ1) is 19.3. The van der Waals surface area contributed by atoms with Crippen LogP contribution >= 0.6 is 11.3 Å². The molecule has 0 spiro atoms. The van der Waals surface area contributed by atoms with E-state index < -0.39 is 23.5 Å². The number of thiazole rings is 1. The molecule has 3 aromatic rings. The number of carbonyl (C=O) groups excluding carboxylic acids is 2. The number of aliphatic hydroxyl groups is 1. The van der Waals surface area contributed by atoms with Crippen LogP contribution in [0, 0.1) is 6.92 Å². The van der Waals surface area contributed by atoms with Crippen LogP contribution in [0.3, 0.4) is 0 Å². The van der Waals surface area contributed by atoms with E-state index in [1.54, 1.807) is 19.1 Å². The highest BCUT2D eigenvalue weighted by Crippen LogP contribution is 2.46. The lowest BCUT2D eigenvalue weighted by Crippen LogP contribution is -2.38. The summed E-state index contributed by atoms with van der Waals surface area (Å²) in [5.41, 5.74) is 1.98. The number of benzene rings is 2. The van der Waals surface area contributed by atoms with Crippen LogP contribution in [0.25, 0.3) is 10.6 Å². The van der Waals surface area contributed by atoms with Crippen molar-refractivity contribution in [2.45, 2.75) is 26.8 Å². The van der Waals surface area contributed by atoms with E-state index >= 15 is 0 Å². The standard InChI is InChI=1S/C30H35N3O6S/c1-7-32(8-2)14-15-33-24(20-16-21(37-4)27(39-6)22(17-20)38-5)23(26(35)30(33)36)25(34)28-18(3)31-29(40-28)19-12-10-9-11-13-19/h9-13,16-17,24,35H,7-8,14-15H2,1-6H3. The van der Waals surface area contributed by atoms with Crippen molar-refractivity contribution in [3.63, 3.8) is 0 Å². The zero-order chi connectivity index (χ0) is 29.0. The molecule has 0 saturated carbocycles. The Balaban J connectivity index is 1.84. The van der Waals surface area contributed by atoms with Gasteiger partial charge in [-0.1, -0.05) is 44.2 Å². The molecule has 2 heterocycles. The number of ether oxygens (including phenoxy) is 3. The smallest absolute Gasteiger partial charge is 0.290 e. The first-order valence-corrected chi connectivity index (χ1v) is 13.9. The van der Waals surface area contributed by atoms with Gasteiger partial charge in [-0.2, -0.15) is 0 Å². The van der Waals surface area contributed by atoms with E-state index in [9.17, 15) is 14.7 Å². The number of hydrogen-bond donors (Lipinski definition) is 1. The molecule has 1 atom stereocenters. The van der Waals surface area contributed by atoms with Crippen molar-refractivity contribution in [3.8, 4) is 27.8 Å². The maximum Gasteiger partial charge on any atom is 0.290 e. The van der Waals surface area contributed by atoms with Crippen LogP contribution < -0.4 is 14.2 Å². The van der Waals surface area contributed by atoms with E-state index in [-0.39, 0.29) is 5.57 Å². The minimum Gasteiger partial charge on any atom is -0.503 e. The SMILES string of the molecule is CCN(CC)CCN1C(=O)C(O)=C(C(=O)c2sc(-c3ccccc3)nc2C)C1c1cc(OC)c(OC)c(OC)c1. The van der Waals surface area contributed by atoms with E-state index in [1.807, 2.05) is 44.2 Å². The summed E-state index contributed by atoms with van der Waals surface area (Å²) < 4.78 is 16.6. The number of Topliss-reactive ketones (excluding diaryl/α,β-unsaturated/α-hetero) is 1. The molecule has 1 unspecified atom stereocenters. The number of methoxy groups -OCH3 is 3. The van der Waals surface area contributed by atoms with Crippen molar-refractivity contribution in [3.05, 3.63) is 69.9 Å². The minimum absolute atomic E-state index is 0.00480. The molecule has 212 valence electrons. The molecule has 1 aromatic heterocycles. The summed E-state index contributed by atoms with van der Waals surface area (Å²) in [5.74, 6) is -0.443. The Morgan fingerprint density at radius 2 is 1.68 bits per heavy atom.